The van der Waals surface area contributed by atoms with Crippen molar-refractivity contribution in [3.8, 4) is 0 Å². The molecule has 0 fully saturated rings. The summed E-state index contributed by atoms with van der Waals surface area (Å²) < 4.78 is 26.3. The molecule has 4 N–H and O–H groups in total. The van der Waals surface area contributed by atoms with Crippen LogP contribution in [0.3, 0.4) is 0 Å². The first kappa shape index (κ1) is 14.4. The smallest absolute Gasteiger partial charge is 0.318 e. The molecule has 0 bridgehead atoms. The maximum absolute atomic E-state index is 12.0. The maximum Gasteiger partial charge on any atom is 0.327 e. The van der Waals surface area contributed by atoms with Gasteiger partial charge in [-0.25, -0.2) is 22.9 Å². The molecular weight excluding hydrogens is 286 g/mol. The number of H-pyrrole nitrogens is 2. The van der Waals surface area contributed by atoms with E-state index >= 15 is 0 Å². The highest BCUT2D eigenvalue weighted by Crippen LogP contribution is 2.10. The molecule has 0 aliphatic rings. The summed E-state index contributed by atoms with van der Waals surface area (Å²) in [6, 6.07) is 1.17. The first-order valence-corrected chi connectivity index (χ1v) is 7.19. The number of aromatic amines is 2. The van der Waals surface area contributed by atoms with Crippen molar-refractivity contribution in [3.63, 3.8) is 0 Å². The van der Waals surface area contributed by atoms with Crippen molar-refractivity contribution in [2.24, 2.45) is 0 Å². The number of nitrogens with one attached hydrogen (secondary N) is 4. The fourth-order valence-corrected chi connectivity index (χ4v) is 2.57. The Labute approximate surface area is 113 Å². The second-order valence-electron chi connectivity index (χ2n) is 3.98. The normalized spacial score (nSPS) is 11.8. The van der Waals surface area contributed by atoms with Gasteiger partial charge in [0, 0.05) is 19.3 Å². The van der Waals surface area contributed by atoms with Gasteiger partial charge in [0.1, 0.15) is 10.5 Å². The molecule has 0 aromatic carbocycles. The van der Waals surface area contributed by atoms with E-state index in [0.29, 0.717) is 6.54 Å². The maximum atomic E-state index is 12.0. The summed E-state index contributed by atoms with van der Waals surface area (Å²) in [6.07, 6.45) is 1.08. The molecule has 0 saturated carbocycles. The predicted molar refractivity (Wildman–Crippen MR) is 72.1 cm³/mol. The second kappa shape index (κ2) is 5.53. The van der Waals surface area contributed by atoms with E-state index in [2.05, 4.69) is 20.0 Å². The van der Waals surface area contributed by atoms with Gasteiger partial charge < -0.3 is 5.32 Å². The molecule has 0 aliphatic carbocycles. The minimum atomic E-state index is -3.75. The number of hydrogen-bond acceptors (Lipinski definition) is 6. The minimum Gasteiger partial charge on any atom is -0.318 e. The first-order chi connectivity index (χ1) is 9.44. The molecule has 0 atom stereocenters. The summed E-state index contributed by atoms with van der Waals surface area (Å²) in [5.41, 5.74) is -1.35. The zero-order valence-corrected chi connectivity index (χ0v) is 11.4. The molecule has 0 radical (unpaired) electrons. The van der Waals surface area contributed by atoms with Gasteiger partial charge in [-0.2, -0.15) is 0 Å². The van der Waals surface area contributed by atoms with E-state index in [0.717, 1.165) is 6.20 Å². The highest BCUT2D eigenvalue weighted by Gasteiger charge is 2.15. The van der Waals surface area contributed by atoms with Crippen LogP contribution in [0.2, 0.25) is 0 Å². The molecule has 0 spiro atoms. The van der Waals surface area contributed by atoms with Gasteiger partial charge in [0.15, 0.2) is 0 Å². The van der Waals surface area contributed by atoms with Crippen molar-refractivity contribution in [1.29, 1.82) is 0 Å². The number of likely N-dealkylation sites (N-methyl/N-ethyl adjacent to an activating group) is 1. The monoisotopic (exact) mass is 299 g/mol. The lowest BCUT2D eigenvalue weighted by Crippen LogP contribution is -2.31. The largest absolute Gasteiger partial charge is 0.327 e. The molecule has 2 rings (SSSR count). The van der Waals surface area contributed by atoms with Crippen LogP contribution < -0.4 is 21.3 Å². The van der Waals surface area contributed by atoms with Crippen LogP contribution in [-0.2, 0) is 10.0 Å². The Balaban J connectivity index is 2.46. The quantitative estimate of drug-likeness (QED) is 0.476. The predicted octanol–water partition coefficient (Wildman–Crippen LogP) is -1.89. The fourth-order valence-electron chi connectivity index (χ4n) is 1.57. The molecule has 20 heavy (non-hydrogen) atoms. The molecular formula is C10H13N5O4S. The number of rotatable bonds is 5. The molecule has 0 saturated heterocycles. The van der Waals surface area contributed by atoms with Crippen molar-refractivity contribution in [1.82, 2.24) is 25.0 Å². The van der Waals surface area contributed by atoms with E-state index in [1.165, 1.54) is 6.07 Å². The number of fused-ring (bicyclic) bond motifs is 1. The lowest BCUT2D eigenvalue weighted by atomic mass is 10.3. The third-order valence-corrected chi connectivity index (χ3v) is 3.97. The summed E-state index contributed by atoms with van der Waals surface area (Å²) >= 11 is 0. The van der Waals surface area contributed by atoms with Gasteiger partial charge >= 0.3 is 5.69 Å². The third-order valence-electron chi connectivity index (χ3n) is 2.54. The highest BCUT2D eigenvalue weighted by molar-refractivity contribution is 7.89. The summed E-state index contributed by atoms with van der Waals surface area (Å²) in [7, 11) is -2.05. The van der Waals surface area contributed by atoms with E-state index in [1.807, 2.05) is 4.98 Å². The lowest BCUT2D eigenvalue weighted by molar-refractivity contribution is 0.579. The van der Waals surface area contributed by atoms with Gasteiger partial charge in [-0.3, -0.25) is 14.8 Å². The van der Waals surface area contributed by atoms with Gasteiger partial charge in [-0.05, 0) is 13.1 Å². The number of hydrogen-bond donors (Lipinski definition) is 4. The van der Waals surface area contributed by atoms with Gasteiger partial charge in [0.25, 0.3) is 5.56 Å². The third kappa shape index (κ3) is 2.92. The molecule has 2 aromatic rings. The fraction of sp³-hybridized carbons (Fsp3) is 0.300. The molecule has 0 aliphatic heterocycles. The second-order valence-corrected chi connectivity index (χ2v) is 5.74. The van der Waals surface area contributed by atoms with Crippen molar-refractivity contribution < 1.29 is 8.42 Å². The zero-order valence-electron chi connectivity index (χ0n) is 10.6. The Kier molecular flexibility index (Phi) is 3.97. The molecule has 2 aromatic heterocycles. The zero-order chi connectivity index (χ0) is 14.8. The average molecular weight is 299 g/mol. The van der Waals surface area contributed by atoms with Gasteiger partial charge in [-0.1, -0.05) is 0 Å². The number of sulfonamides is 1. The van der Waals surface area contributed by atoms with Crippen LogP contribution in [0.1, 0.15) is 0 Å². The topological polar surface area (TPSA) is 137 Å². The van der Waals surface area contributed by atoms with Crippen LogP contribution in [0.5, 0.6) is 0 Å². The highest BCUT2D eigenvalue weighted by atomic mass is 32.2. The van der Waals surface area contributed by atoms with Gasteiger partial charge in [-0.15, -0.1) is 0 Å². The number of pyridine rings is 1. The standard InChI is InChI=1S/C10H13N5O4S/c1-11-2-3-13-20(18,19)6-4-7-8(12-5-6)14-10(17)15-9(7)16/h4-5,11,13H,2-3H2,1H3,(H2,12,14,15,16,17). The van der Waals surface area contributed by atoms with Crippen LogP contribution in [0.15, 0.2) is 26.7 Å². The average Bonchev–Trinajstić information content (AvgIpc) is 2.38. The number of nitrogens with zero attached hydrogens (tertiary/aromatic N) is 1. The van der Waals surface area contributed by atoms with E-state index in [-0.39, 0.29) is 22.5 Å². The van der Waals surface area contributed by atoms with Crippen LogP contribution in [0.4, 0.5) is 0 Å². The van der Waals surface area contributed by atoms with Crippen LogP contribution in [0.25, 0.3) is 11.0 Å². The Morgan fingerprint density at radius 2 is 2.00 bits per heavy atom. The first-order valence-electron chi connectivity index (χ1n) is 5.70. The van der Waals surface area contributed by atoms with Crippen molar-refractivity contribution >= 4 is 21.1 Å². The van der Waals surface area contributed by atoms with E-state index < -0.39 is 21.3 Å². The van der Waals surface area contributed by atoms with Crippen molar-refractivity contribution in [3.05, 3.63) is 33.1 Å². The molecule has 10 heteroatoms. The van der Waals surface area contributed by atoms with E-state index in [4.69, 9.17) is 0 Å². The molecule has 0 amide bonds. The van der Waals surface area contributed by atoms with Crippen LogP contribution in [0, 0.1) is 0 Å². The van der Waals surface area contributed by atoms with Crippen LogP contribution in [-0.4, -0.2) is 43.5 Å². The minimum absolute atomic E-state index is 0.00101. The summed E-state index contributed by atoms with van der Waals surface area (Å²) in [4.78, 5) is 30.6. The molecule has 9 nitrogen and oxygen atoms in total. The Bertz CT molecular complexity index is 839. The Hall–Kier alpha value is -2.04. The Morgan fingerprint density at radius 3 is 2.70 bits per heavy atom. The van der Waals surface area contributed by atoms with E-state index in [1.54, 1.807) is 7.05 Å². The SMILES string of the molecule is CNCCNS(=O)(=O)c1cnc2[nH]c(=O)[nH]c(=O)c2c1. The van der Waals surface area contributed by atoms with Crippen molar-refractivity contribution in [2.75, 3.05) is 20.1 Å². The molecule has 2 heterocycles. The molecule has 0 unspecified atom stereocenters. The summed E-state index contributed by atoms with van der Waals surface area (Å²) in [5.74, 6) is 0. The number of aromatic nitrogens is 3. The lowest BCUT2D eigenvalue weighted by Gasteiger charge is -2.06. The van der Waals surface area contributed by atoms with Crippen LogP contribution >= 0.6 is 0 Å². The Morgan fingerprint density at radius 1 is 1.25 bits per heavy atom. The van der Waals surface area contributed by atoms with Gasteiger partial charge in [0.05, 0.1) is 5.39 Å². The van der Waals surface area contributed by atoms with E-state index in [9.17, 15) is 18.0 Å². The summed E-state index contributed by atoms with van der Waals surface area (Å²) in [5, 5.41) is 2.80. The summed E-state index contributed by atoms with van der Waals surface area (Å²) in [6.45, 7) is 0.674. The van der Waals surface area contributed by atoms with Gasteiger partial charge in [0.2, 0.25) is 10.0 Å². The molecule has 108 valence electrons. The van der Waals surface area contributed by atoms with Crippen molar-refractivity contribution in [2.45, 2.75) is 4.90 Å².